The molecule has 102 valence electrons. The molecular weight excluding hydrogens is 313 g/mol. The van der Waals surface area contributed by atoms with Crippen LogP contribution in [0.25, 0.3) is 0 Å². The maximum Gasteiger partial charge on any atom is 0.273 e. The van der Waals surface area contributed by atoms with E-state index in [0.717, 1.165) is 17.4 Å². The number of benzene rings is 1. The monoisotopic (exact) mass is 321 g/mol. The third-order valence-electron chi connectivity index (χ3n) is 2.21. The highest BCUT2D eigenvalue weighted by atomic mass is 35.5. The molecule has 3 N–H and O–H groups in total. The molecule has 0 saturated carbocycles. The Bertz CT molecular complexity index is 710. The van der Waals surface area contributed by atoms with E-state index in [4.69, 9.17) is 17.3 Å². The van der Waals surface area contributed by atoms with Gasteiger partial charge in [-0.05, 0) is 19.1 Å². The maximum atomic E-state index is 13.6. The van der Waals surface area contributed by atoms with Gasteiger partial charge in [-0.25, -0.2) is 17.8 Å². The van der Waals surface area contributed by atoms with Gasteiger partial charge < -0.3 is 5.73 Å². The summed E-state index contributed by atoms with van der Waals surface area (Å²) in [7, 11) is -3.97. The molecule has 0 fully saturated rings. The first-order chi connectivity index (χ1) is 8.81. The van der Waals surface area contributed by atoms with Crippen LogP contribution >= 0.6 is 22.9 Å². The van der Waals surface area contributed by atoms with Gasteiger partial charge in [0.2, 0.25) is 0 Å². The number of aryl methyl sites for hydroxylation is 1. The summed E-state index contributed by atoms with van der Waals surface area (Å²) in [4.78, 5) is 3.81. The van der Waals surface area contributed by atoms with Crippen LogP contribution in [0.2, 0.25) is 5.02 Å². The number of anilines is 2. The average Bonchev–Trinajstić information content (AvgIpc) is 2.64. The van der Waals surface area contributed by atoms with Crippen molar-refractivity contribution in [2.45, 2.75) is 11.1 Å². The molecule has 0 saturated heterocycles. The number of aromatic nitrogens is 1. The van der Waals surface area contributed by atoms with Crippen molar-refractivity contribution in [2.75, 3.05) is 10.5 Å². The van der Waals surface area contributed by atoms with Crippen molar-refractivity contribution < 1.29 is 12.8 Å². The van der Waals surface area contributed by atoms with Crippen LogP contribution in [0, 0.1) is 12.7 Å². The molecule has 0 bridgehead atoms. The Labute approximate surface area is 118 Å². The summed E-state index contributed by atoms with van der Waals surface area (Å²) in [6, 6.07) is 3.87. The van der Waals surface area contributed by atoms with E-state index < -0.39 is 15.8 Å². The number of thiazole rings is 1. The fraction of sp³-hybridized carbons (Fsp3) is 0.100. The number of hydrogen-bond acceptors (Lipinski definition) is 5. The number of sulfonamides is 1. The molecule has 1 heterocycles. The van der Waals surface area contributed by atoms with Crippen LogP contribution in [0.4, 0.5) is 15.2 Å². The van der Waals surface area contributed by atoms with E-state index >= 15 is 0 Å². The molecule has 1 aromatic carbocycles. The van der Waals surface area contributed by atoms with Crippen LogP contribution < -0.4 is 10.5 Å². The molecule has 0 spiro atoms. The Morgan fingerprint density at radius 3 is 2.68 bits per heavy atom. The third kappa shape index (κ3) is 2.80. The summed E-state index contributed by atoms with van der Waals surface area (Å²) in [5.41, 5.74) is 5.40. The Balaban J connectivity index is 2.45. The average molecular weight is 322 g/mol. The lowest BCUT2D eigenvalue weighted by Gasteiger charge is -2.09. The fourth-order valence-corrected chi connectivity index (χ4v) is 4.08. The van der Waals surface area contributed by atoms with Gasteiger partial charge >= 0.3 is 0 Å². The van der Waals surface area contributed by atoms with Crippen LogP contribution in [0.3, 0.4) is 0 Å². The molecule has 0 atom stereocenters. The summed E-state index contributed by atoms with van der Waals surface area (Å²) in [5.74, 6) is -0.758. The van der Waals surface area contributed by atoms with Crippen LogP contribution in [-0.2, 0) is 10.0 Å². The molecule has 9 heteroatoms. The first-order valence-corrected chi connectivity index (χ1v) is 7.69. The Hall–Kier alpha value is -1.38. The Kier molecular flexibility index (Phi) is 3.66. The maximum absolute atomic E-state index is 13.6. The van der Waals surface area contributed by atoms with Gasteiger partial charge in [-0.2, -0.15) is 0 Å². The molecule has 2 aromatic rings. The second-order valence-electron chi connectivity index (χ2n) is 3.63. The third-order valence-corrected chi connectivity index (χ3v) is 5.47. The highest BCUT2D eigenvalue weighted by Crippen LogP contribution is 2.30. The quantitative estimate of drug-likeness (QED) is 0.910. The van der Waals surface area contributed by atoms with Crippen molar-refractivity contribution in [3.8, 4) is 0 Å². The molecule has 19 heavy (non-hydrogen) atoms. The van der Waals surface area contributed by atoms with Crippen LogP contribution in [-0.4, -0.2) is 13.4 Å². The molecule has 2 rings (SSSR count). The van der Waals surface area contributed by atoms with Gasteiger partial charge in [0.25, 0.3) is 10.0 Å². The molecule has 0 aliphatic carbocycles. The lowest BCUT2D eigenvalue weighted by molar-refractivity contribution is 0.599. The summed E-state index contributed by atoms with van der Waals surface area (Å²) >= 11 is 6.57. The number of nitrogens with zero attached hydrogens (tertiary/aromatic N) is 1. The minimum atomic E-state index is -3.97. The number of nitrogen functional groups attached to an aromatic ring is 1. The van der Waals surface area contributed by atoms with E-state index in [1.54, 1.807) is 0 Å². The Morgan fingerprint density at radius 1 is 1.47 bits per heavy atom. The van der Waals surface area contributed by atoms with E-state index in [-0.39, 0.29) is 25.7 Å². The molecular formula is C10H9ClFN3O2S2. The van der Waals surface area contributed by atoms with Crippen molar-refractivity contribution in [3.05, 3.63) is 34.7 Å². The van der Waals surface area contributed by atoms with E-state index in [1.165, 1.54) is 19.1 Å². The number of rotatable bonds is 3. The number of nitrogens with two attached hydrogens (primary N) is 1. The van der Waals surface area contributed by atoms with Crippen molar-refractivity contribution in [1.29, 1.82) is 0 Å². The van der Waals surface area contributed by atoms with E-state index in [0.29, 0.717) is 0 Å². The molecule has 0 aliphatic rings. The van der Waals surface area contributed by atoms with Crippen LogP contribution in [0.5, 0.6) is 0 Å². The SMILES string of the molecule is Cc1nc(N)sc1S(=O)(=O)Nc1c(F)cccc1Cl. The molecule has 0 radical (unpaired) electrons. The predicted molar refractivity (Wildman–Crippen MR) is 73.5 cm³/mol. The summed E-state index contributed by atoms with van der Waals surface area (Å²) in [6.45, 7) is 1.50. The predicted octanol–water partition coefficient (Wildman–Crippen LogP) is 2.63. The first kappa shape index (κ1) is 14.0. The molecule has 0 aliphatic heterocycles. The van der Waals surface area contributed by atoms with Crippen molar-refractivity contribution in [2.24, 2.45) is 0 Å². The van der Waals surface area contributed by atoms with Crippen LogP contribution in [0.15, 0.2) is 22.4 Å². The summed E-state index contributed by atoms with van der Waals surface area (Å²) in [5, 5.41) is 0.0937. The molecule has 0 unspecified atom stereocenters. The topological polar surface area (TPSA) is 85.1 Å². The zero-order valence-corrected chi connectivity index (χ0v) is 12.0. The van der Waals surface area contributed by atoms with Crippen LogP contribution in [0.1, 0.15) is 5.69 Å². The first-order valence-electron chi connectivity index (χ1n) is 5.01. The number of para-hydroxylation sites is 1. The number of hydrogen-bond donors (Lipinski definition) is 2. The summed E-state index contributed by atoms with van der Waals surface area (Å²) < 4.78 is 39.8. The van der Waals surface area contributed by atoms with E-state index in [1.807, 2.05) is 0 Å². The molecule has 1 aromatic heterocycles. The zero-order chi connectivity index (χ0) is 14.2. The lowest BCUT2D eigenvalue weighted by Crippen LogP contribution is -2.14. The second-order valence-corrected chi connectivity index (χ2v) is 6.94. The lowest BCUT2D eigenvalue weighted by atomic mass is 10.3. The van der Waals surface area contributed by atoms with Crippen molar-refractivity contribution in [1.82, 2.24) is 4.98 Å². The van der Waals surface area contributed by atoms with Gasteiger partial charge in [-0.1, -0.05) is 29.0 Å². The van der Waals surface area contributed by atoms with Gasteiger partial charge in [0.05, 0.1) is 10.7 Å². The Morgan fingerprint density at radius 2 is 2.16 bits per heavy atom. The van der Waals surface area contributed by atoms with Gasteiger partial charge in [0, 0.05) is 0 Å². The standard InChI is InChI=1S/C10H9ClFN3O2S2/c1-5-9(18-10(13)14-5)19(16,17)15-8-6(11)3-2-4-7(8)12/h2-4,15H,1H3,(H2,13,14). The largest absolute Gasteiger partial charge is 0.375 e. The van der Waals surface area contributed by atoms with Crippen molar-refractivity contribution >= 4 is 43.8 Å². The zero-order valence-electron chi connectivity index (χ0n) is 9.65. The fourth-order valence-electron chi connectivity index (χ4n) is 1.43. The van der Waals surface area contributed by atoms with Gasteiger partial charge in [-0.3, -0.25) is 4.72 Å². The highest BCUT2D eigenvalue weighted by Gasteiger charge is 2.23. The number of nitrogens with one attached hydrogen (secondary N) is 1. The highest BCUT2D eigenvalue weighted by molar-refractivity contribution is 7.94. The molecule has 5 nitrogen and oxygen atoms in total. The molecule has 0 amide bonds. The van der Waals surface area contributed by atoms with Crippen molar-refractivity contribution in [3.63, 3.8) is 0 Å². The second kappa shape index (κ2) is 4.95. The van der Waals surface area contributed by atoms with E-state index in [2.05, 4.69) is 9.71 Å². The summed E-state index contributed by atoms with van der Waals surface area (Å²) in [6.07, 6.45) is 0. The number of halogens is 2. The normalized spacial score (nSPS) is 11.5. The van der Waals surface area contributed by atoms with Gasteiger partial charge in [-0.15, -0.1) is 0 Å². The minimum absolute atomic E-state index is 0.0290. The van der Waals surface area contributed by atoms with Gasteiger partial charge in [0.1, 0.15) is 11.5 Å². The smallest absolute Gasteiger partial charge is 0.273 e. The van der Waals surface area contributed by atoms with Gasteiger partial charge in [0.15, 0.2) is 9.34 Å². The minimum Gasteiger partial charge on any atom is -0.375 e. The van der Waals surface area contributed by atoms with E-state index in [9.17, 15) is 12.8 Å².